The Bertz CT molecular complexity index is 1380. The third kappa shape index (κ3) is 7.95. The number of aliphatic hydroxyl groups excluding tert-OH is 1. The van der Waals surface area contributed by atoms with Crippen LogP contribution in [0.5, 0.6) is 0 Å². The Balaban J connectivity index is 1.53. The fraction of sp³-hybridized carbons (Fsp3) is 0.375. The predicted octanol–water partition coefficient (Wildman–Crippen LogP) is 5.42. The highest BCUT2D eigenvalue weighted by molar-refractivity contribution is 6.00. The molecular formula is C32H35F4N3O3. The largest absolute Gasteiger partial charge is 0.416 e. The number of rotatable bonds is 12. The van der Waals surface area contributed by atoms with Gasteiger partial charge in [-0.15, -0.1) is 0 Å². The van der Waals surface area contributed by atoms with Gasteiger partial charge >= 0.3 is 6.18 Å². The van der Waals surface area contributed by atoms with E-state index in [-0.39, 0.29) is 36.7 Å². The average molecular weight is 586 g/mol. The van der Waals surface area contributed by atoms with Crippen molar-refractivity contribution >= 4 is 17.5 Å². The number of alkyl halides is 3. The van der Waals surface area contributed by atoms with E-state index < -0.39 is 35.6 Å². The van der Waals surface area contributed by atoms with E-state index in [1.807, 2.05) is 37.3 Å². The number of carbonyl (C=O) groups excluding carboxylic acids is 2. The van der Waals surface area contributed by atoms with E-state index in [2.05, 4.69) is 10.6 Å². The van der Waals surface area contributed by atoms with Gasteiger partial charge in [0.05, 0.1) is 29.0 Å². The molecule has 3 aromatic carbocycles. The lowest BCUT2D eigenvalue weighted by Gasteiger charge is -2.26. The molecule has 1 aliphatic heterocycles. The van der Waals surface area contributed by atoms with Gasteiger partial charge in [-0.05, 0) is 54.2 Å². The molecule has 4 rings (SSSR count). The molecule has 1 saturated heterocycles. The maximum absolute atomic E-state index is 15.7. The molecular weight excluding hydrogens is 550 g/mol. The Kier molecular flexibility index (Phi) is 10.3. The van der Waals surface area contributed by atoms with Crippen molar-refractivity contribution in [1.29, 1.82) is 0 Å². The summed E-state index contributed by atoms with van der Waals surface area (Å²) in [6, 6.07) is 16.3. The Morgan fingerprint density at radius 2 is 1.76 bits per heavy atom. The zero-order valence-electron chi connectivity index (χ0n) is 23.4. The Hall–Kier alpha value is -3.76. The molecule has 42 heavy (non-hydrogen) atoms. The molecule has 224 valence electrons. The number of aryl methyl sites for hydroxylation is 1. The maximum atomic E-state index is 15.7. The summed E-state index contributed by atoms with van der Waals surface area (Å²) in [5.41, 5.74) is 1.04. The maximum Gasteiger partial charge on any atom is 0.416 e. The van der Waals surface area contributed by atoms with Crippen molar-refractivity contribution in [3.63, 3.8) is 0 Å². The Labute approximate surface area is 242 Å². The summed E-state index contributed by atoms with van der Waals surface area (Å²) in [6.45, 7) is 2.36. The molecule has 0 bridgehead atoms. The minimum Gasteiger partial charge on any atom is -0.390 e. The molecule has 0 aliphatic carbocycles. The number of amides is 2. The van der Waals surface area contributed by atoms with Gasteiger partial charge in [-0.1, -0.05) is 61.9 Å². The summed E-state index contributed by atoms with van der Waals surface area (Å²) >= 11 is 0. The van der Waals surface area contributed by atoms with Crippen molar-refractivity contribution in [2.75, 3.05) is 18.0 Å². The van der Waals surface area contributed by atoms with Crippen molar-refractivity contribution in [3.8, 4) is 0 Å². The summed E-state index contributed by atoms with van der Waals surface area (Å²) < 4.78 is 55.0. The SMILES string of the molecule is CCCc1cc(C(=O)NC(Cc2ccccc2)C(O)CNCc2cccc(C(F)(F)F)c2)c(F)c(N2CCCC2=O)c1. The number of carbonyl (C=O) groups is 2. The van der Waals surface area contributed by atoms with Crippen LogP contribution in [0.3, 0.4) is 0 Å². The van der Waals surface area contributed by atoms with Gasteiger partial charge in [-0.3, -0.25) is 9.59 Å². The summed E-state index contributed by atoms with van der Waals surface area (Å²) in [7, 11) is 0. The van der Waals surface area contributed by atoms with Crippen LogP contribution < -0.4 is 15.5 Å². The van der Waals surface area contributed by atoms with Crippen LogP contribution in [0.25, 0.3) is 0 Å². The van der Waals surface area contributed by atoms with Crippen molar-refractivity contribution in [3.05, 3.63) is 100 Å². The summed E-state index contributed by atoms with van der Waals surface area (Å²) in [5, 5.41) is 16.8. The second kappa shape index (κ2) is 13.9. The monoisotopic (exact) mass is 585 g/mol. The third-order valence-corrected chi connectivity index (χ3v) is 7.28. The van der Waals surface area contributed by atoms with Crippen molar-refractivity contribution in [2.45, 2.75) is 63.9 Å². The van der Waals surface area contributed by atoms with Gasteiger partial charge < -0.3 is 20.6 Å². The Morgan fingerprint density at radius 3 is 2.43 bits per heavy atom. The van der Waals surface area contributed by atoms with Crippen LogP contribution in [0.2, 0.25) is 0 Å². The highest BCUT2D eigenvalue weighted by atomic mass is 19.4. The smallest absolute Gasteiger partial charge is 0.390 e. The molecule has 0 radical (unpaired) electrons. The summed E-state index contributed by atoms with van der Waals surface area (Å²) in [5.74, 6) is -1.72. The highest BCUT2D eigenvalue weighted by Crippen LogP contribution is 2.30. The van der Waals surface area contributed by atoms with E-state index in [1.165, 1.54) is 17.0 Å². The number of hydrogen-bond donors (Lipinski definition) is 3. The van der Waals surface area contributed by atoms with Gasteiger partial charge in [-0.25, -0.2) is 4.39 Å². The zero-order chi connectivity index (χ0) is 30.3. The molecule has 0 spiro atoms. The molecule has 1 heterocycles. The number of aliphatic hydroxyl groups is 1. The molecule has 10 heteroatoms. The third-order valence-electron chi connectivity index (χ3n) is 7.28. The van der Waals surface area contributed by atoms with Gasteiger partial charge in [0.25, 0.3) is 5.91 Å². The number of nitrogens with one attached hydrogen (secondary N) is 2. The first-order chi connectivity index (χ1) is 20.1. The van der Waals surface area contributed by atoms with E-state index in [0.717, 1.165) is 29.7 Å². The van der Waals surface area contributed by atoms with Crippen molar-refractivity contribution in [1.82, 2.24) is 10.6 Å². The van der Waals surface area contributed by atoms with E-state index >= 15 is 4.39 Å². The first kappa shape index (κ1) is 31.2. The fourth-order valence-electron chi connectivity index (χ4n) is 5.13. The molecule has 2 atom stereocenters. The highest BCUT2D eigenvalue weighted by Gasteiger charge is 2.31. The topological polar surface area (TPSA) is 81.7 Å². The fourth-order valence-corrected chi connectivity index (χ4v) is 5.13. The lowest BCUT2D eigenvalue weighted by atomic mass is 9.99. The molecule has 3 N–H and O–H groups in total. The molecule has 3 aromatic rings. The van der Waals surface area contributed by atoms with Crippen molar-refractivity contribution < 1.29 is 32.3 Å². The van der Waals surface area contributed by atoms with E-state index in [9.17, 15) is 27.9 Å². The van der Waals surface area contributed by atoms with Crippen LogP contribution in [-0.2, 0) is 30.4 Å². The predicted molar refractivity (Wildman–Crippen MR) is 153 cm³/mol. The minimum atomic E-state index is -4.47. The molecule has 2 amide bonds. The summed E-state index contributed by atoms with van der Waals surface area (Å²) in [6.07, 6.45) is -3.12. The quantitative estimate of drug-likeness (QED) is 0.248. The van der Waals surface area contributed by atoms with E-state index in [0.29, 0.717) is 31.4 Å². The number of nitrogens with zero attached hydrogens (tertiary/aromatic N) is 1. The van der Waals surface area contributed by atoms with E-state index in [1.54, 1.807) is 12.1 Å². The molecule has 2 unspecified atom stereocenters. The number of hydrogen-bond acceptors (Lipinski definition) is 4. The van der Waals surface area contributed by atoms with Gasteiger partial charge in [0.1, 0.15) is 0 Å². The first-order valence-corrected chi connectivity index (χ1v) is 14.1. The van der Waals surface area contributed by atoms with Crippen LogP contribution in [0.4, 0.5) is 23.2 Å². The number of benzene rings is 3. The van der Waals surface area contributed by atoms with Crippen LogP contribution in [0.1, 0.15) is 58.8 Å². The normalized spacial score (nSPS) is 15.1. The molecule has 6 nitrogen and oxygen atoms in total. The van der Waals surface area contributed by atoms with Gasteiger partial charge in [0, 0.05) is 26.1 Å². The van der Waals surface area contributed by atoms with Crippen LogP contribution in [0.15, 0.2) is 66.7 Å². The molecule has 1 aliphatic rings. The van der Waals surface area contributed by atoms with Gasteiger partial charge in [0.15, 0.2) is 5.82 Å². The lowest BCUT2D eigenvalue weighted by molar-refractivity contribution is -0.137. The number of anilines is 1. The summed E-state index contributed by atoms with van der Waals surface area (Å²) in [4.78, 5) is 27.3. The average Bonchev–Trinajstić information content (AvgIpc) is 3.39. The number of halogens is 4. The van der Waals surface area contributed by atoms with Gasteiger partial charge in [0.2, 0.25) is 5.91 Å². The van der Waals surface area contributed by atoms with Crippen LogP contribution in [-0.4, -0.2) is 42.2 Å². The zero-order valence-corrected chi connectivity index (χ0v) is 23.4. The minimum absolute atomic E-state index is 0.0418. The van der Waals surface area contributed by atoms with Crippen LogP contribution >= 0.6 is 0 Å². The molecule has 0 aromatic heterocycles. The molecule has 1 fully saturated rings. The second-order valence-electron chi connectivity index (χ2n) is 10.5. The first-order valence-electron chi connectivity index (χ1n) is 14.1. The second-order valence-corrected chi connectivity index (χ2v) is 10.5. The lowest BCUT2D eigenvalue weighted by Crippen LogP contribution is -2.49. The van der Waals surface area contributed by atoms with Crippen molar-refractivity contribution in [2.24, 2.45) is 0 Å². The standard InChI is InChI=1S/C32H35F4N3O3/c1-2-8-22-16-25(30(33)27(18-22)39-14-7-13-29(39)41)31(42)38-26(17-21-9-4-3-5-10-21)28(40)20-37-19-23-11-6-12-24(15-23)32(34,35)36/h3-6,9-12,15-16,18,26,28,37,40H,2,7-8,13-14,17,19-20H2,1H3,(H,38,42). The Morgan fingerprint density at radius 1 is 1.02 bits per heavy atom. The molecule has 0 saturated carbocycles. The van der Waals surface area contributed by atoms with Gasteiger partial charge in [-0.2, -0.15) is 13.2 Å². The van der Waals surface area contributed by atoms with E-state index in [4.69, 9.17) is 0 Å². The van der Waals surface area contributed by atoms with Crippen LogP contribution in [0, 0.1) is 5.82 Å².